The number of carbonyl (C=O) groups excluding carboxylic acids is 2. The zero-order valence-corrected chi connectivity index (χ0v) is 7.24. The average Bonchev–Trinajstić information content (AvgIpc) is 2.00. The van der Waals surface area contributed by atoms with E-state index in [9.17, 15) is 9.59 Å². The topological polar surface area (TPSA) is 69.4 Å². The normalized spacial score (nSPS) is 30.4. The SMILES string of the molecule is C[C@@H](N)C(=O)C[C@@H]1C(=O)O[C@@H]1C. The van der Waals surface area contributed by atoms with Crippen LogP contribution in [0.25, 0.3) is 0 Å². The van der Waals surface area contributed by atoms with Crippen LogP contribution in [0.1, 0.15) is 20.3 Å². The summed E-state index contributed by atoms with van der Waals surface area (Å²) in [6.07, 6.45) is 0.0951. The summed E-state index contributed by atoms with van der Waals surface area (Å²) >= 11 is 0. The van der Waals surface area contributed by atoms with E-state index >= 15 is 0 Å². The van der Waals surface area contributed by atoms with Gasteiger partial charge in [0.15, 0.2) is 0 Å². The summed E-state index contributed by atoms with van der Waals surface area (Å²) in [5.41, 5.74) is 5.35. The predicted molar refractivity (Wildman–Crippen MR) is 42.3 cm³/mol. The number of ether oxygens (including phenoxy) is 1. The number of cyclic esters (lactones) is 1. The van der Waals surface area contributed by atoms with Crippen LogP contribution in [0.4, 0.5) is 0 Å². The third-order valence-electron chi connectivity index (χ3n) is 2.10. The Labute approximate surface area is 71.1 Å². The van der Waals surface area contributed by atoms with Gasteiger partial charge in [0.05, 0.1) is 6.04 Å². The van der Waals surface area contributed by atoms with E-state index in [0.717, 1.165) is 0 Å². The summed E-state index contributed by atoms with van der Waals surface area (Å²) in [4.78, 5) is 21.9. The molecule has 0 aromatic heterocycles. The molecule has 2 N–H and O–H groups in total. The van der Waals surface area contributed by atoms with Crippen LogP contribution < -0.4 is 5.73 Å². The van der Waals surface area contributed by atoms with Gasteiger partial charge in [0, 0.05) is 6.42 Å². The van der Waals surface area contributed by atoms with E-state index in [1.54, 1.807) is 13.8 Å². The van der Waals surface area contributed by atoms with Crippen LogP contribution in [0.3, 0.4) is 0 Å². The number of hydrogen-bond donors (Lipinski definition) is 1. The highest BCUT2D eigenvalue weighted by Gasteiger charge is 2.40. The molecule has 0 unspecified atom stereocenters. The summed E-state index contributed by atoms with van der Waals surface area (Å²) in [7, 11) is 0. The molecule has 1 aliphatic rings. The van der Waals surface area contributed by atoms with Gasteiger partial charge in [-0.3, -0.25) is 9.59 Å². The van der Waals surface area contributed by atoms with Crippen LogP contribution in [0.15, 0.2) is 0 Å². The van der Waals surface area contributed by atoms with Crippen molar-refractivity contribution < 1.29 is 14.3 Å². The number of nitrogens with two attached hydrogens (primary N) is 1. The van der Waals surface area contributed by atoms with Crippen molar-refractivity contribution in [2.75, 3.05) is 0 Å². The molecule has 0 radical (unpaired) electrons. The molecule has 0 aromatic rings. The molecule has 68 valence electrons. The molecule has 4 nitrogen and oxygen atoms in total. The van der Waals surface area contributed by atoms with Crippen molar-refractivity contribution in [1.29, 1.82) is 0 Å². The number of hydrogen-bond acceptors (Lipinski definition) is 4. The molecule has 3 atom stereocenters. The molecule has 1 fully saturated rings. The Bertz CT molecular complexity index is 212. The fourth-order valence-electron chi connectivity index (χ4n) is 1.12. The quantitative estimate of drug-likeness (QED) is 0.600. The van der Waals surface area contributed by atoms with E-state index in [1.165, 1.54) is 0 Å². The zero-order valence-electron chi connectivity index (χ0n) is 7.24. The second kappa shape index (κ2) is 3.23. The minimum absolute atomic E-state index is 0.0801. The van der Waals surface area contributed by atoms with Crippen LogP contribution in [0.2, 0.25) is 0 Å². The van der Waals surface area contributed by atoms with Crippen molar-refractivity contribution in [3.63, 3.8) is 0 Å². The Morgan fingerprint density at radius 3 is 2.67 bits per heavy atom. The van der Waals surface area contributed by atoms with E-state index in [-0.39, 0.29) is 30.2 Å². The number of ketones is 1. The van der Waals surface area contributed by atoms with Crippen LogP contribution in [0.5, 0.6) is 0 Å². The Balaban J connectivity index is 2.41. The molecular weight excluding hydrogens is 158 g/mol. The molecule has 0 saturated carbocycles. The molecule has 1 aliphatic heterocycles. The third kappa shape index (κ3) is 1.64. The Morgan fingerprint density at radius 2 is 2.33 bits per heavy atom. The van der Waals surface area contributed by atoms with E-state index in [4.69, 9.17) is 10.5 Å². The Morgan fingerprint density at radius 1 is 1.75 bits per heavy atom. The third-order valence-corrected chi connectivity index (χ3v) is 2.10. The molecular formula is C8H13NO3. The maximum Gasteiger partial charge on any atom is 0.313 e. The Kier molecular flexibility index (Phi) is 2.47. The zero-order chi connectivity index (χ0) is 9.30. The highest BCUT2D eigenvalue weighted by Crippen LogP contribution is 2.25. The number of carbonyl (C=O) groups is 2. The van der Waals surface area contributed by atoms with Gasteiger partial charge >= 0.3 is 5.97 Å². The van der Waals surface area contributed by atoms with Gasteiger partial charge in [-0.1, -0.05) is 0 Å². The monoisotopic (exact) mass is 171 g/mol. The summed E-state index contributed by atoms with van der Waals surface area (Å²) in [5.74, 6) is -0.622. The maximum atomic E-state index is 11.1. The highest BCUT2D eigenvalue weighted by atomic mass is 16.6. The first-order valence-corrected chi connectivity index (χ1v) is 4.01. The van der Waals surface area contributed by atoms with Crippen molar-refractivity contribution in [2.45, 2.75) is 32.4 Å². The fourth-order valence-corrected chi connectivity index (χ4v) is 1.12. The molecule has 0 bridgehead atoms. The highest BCUT2D eigenvalue weighted by molar-refractivity contribution is 5.89. The Hall–Kier alpha value is -0.900. The lowest BCUT2D eigenvalue weighted by Gasteiger charge is -2.32. The van der Waals surface area contributed by atoms with Gasteiger partial charge in [-0.05, 0) is 13.8 Å². The van der Waals surface area contributed by atoms with Crippen LogP contribution in [0, 0.1) is 5.92 Å². The van der Waals surface area contributed by atoms with Crippen LogP contribution >= 0.6 is 0 Å². The number of Topliss-reactive ketones (excluding diaryl/α,β-unsaturated/α-hetero) is 1. The smallest absolute Gasteiger partial charge is 0.313 e. The minimum atomic E-state index is -0.481. The van der Waals surface area contributed by atoms with E-state index in [2.05, 4.69) is 0 Å². The van der Waals surface area contributed by atoms with Gasteiger partial charge in [-0.15, -0.1) is 0 Å². The lowest BCUT2D eigenvalue weighted by Crippen LogP contribution is -2.45. The molecule has 4 heteroatoms. The van der Waals surface area contributed by atoms with Crippen molar-refractivity contribution >= 4 is 11.8 Å². The molecule has 12 heavy (non-hydrogen) atoms. The molecule has 1 heterocycles. The van der Waals surface area contributed by atoms with Gasteiger partial charge in [0.25, 0.3) is 0 Å². The average molecular weight is 171 g/mol. The summed E-state index contributed by atoms with van der Waals surface area (Å²) in [6, 6.07) is -0.481. The standard InChI is InChI=1S/C8H13NO3/c1-4(9)7(10)3-6-5(2)12-8(6)11/h4-6H,3,9H2,1-2H3/t4-,5-,6+/m1/s1. The summed E-state index contributed by atoms with van der Waals surface area (Å²) in [6.45, 7) is 3.40. The van der Waals surface area contributed by atoms with Gasteiger partial charge < -0.3 is 10.5 Å². The number of rotatable bonds is 3. The van der Waals surface area contributed by atoms with Crippen molar-refractivity contribution in [3.8, 4) is 0 Å². The lowest BCUT2D eigenvalue weighted by molar-refractivity contribution is -0.183. The summed E-state index contributed by atoms with van der Waals surface area (Å²) < 4.78 is 4.70. The molecule has 1 rings (SSSR count). The fraction of sp³-hybridized carbons (Fsp3) is 0.750. The van der Waals surface area contributed by atoms with Crippen molar-refractivity contribution in [2.24, 2.45) is 11.7 Å². The second-order valence-electron chi connectivity index (χ2n) is 3.21. The van der Waals surface area contributed by atoms with Crippen LogP contribution in [-0.2, 0) is 14.3 Å². The molecule has 1 saturated heterocycles. The van der Waals surface area contributed by atoms with Gasteiger partial charge in [0.2, 0.25) is 0 Å². The van der Waals surface area contributed by atoms with Gasteiger partial charge in [-0.2, -0.15) is 0 Å². The largest absolute Gasteiger partial charge is 0.461 e. The molecule has 0 amide bonds. The van der Waals surface area contributed by atoms with Crippen LogP contribution in [-0.4, -0.2) is 23.9 Å². The minimum Gasteiger partial charge on any atom is -0.461 e. The number of esters is 1. The van der Waals surface area contributed by atoms with Gasteiger partial charge in [0.1, 0.15) is 17.8 Å². The van der Waals surface area contributed by atoms with E-state index < -0.39 is 6.04 Å². The first kappa shape index (κ1) is 9.19. The van der Waals surface area contributed by atoms with Crippen molar-refractivity contribution in [3.05, 3.63) is 0 Å². The second-order valence-corrected chi connectivity index (χ2v) is 3.21. The van der Waals surface area contributed by atoms with Gasteiger partial charge in [-0.25, -0.2) is 0 Å². The first-order chi connectivity index (χ1) is 5.52. The lowest BCUT2D eigenvalue weighted by atomic mass is 9.91. The molecule has 0 aliphatic carbocycles. The first-order valence-electron chi connectivity index (χ1n) is 4.01. The molecule has 0 aromatic carbocycles. The van der Waals surface area contributed by atoms with E-state index in [0.29, 0.717) is 0 Å². The molecule has 0 spiro atoms. The van der Waals surface area contributed by atoms with Crippen molar-refractivity contribution in [1.82, 2.24) is 0 Å². The summed E-state index contributed by atoms with van der Waals surface area (Å²) in [5, 5.41) is 0. The predicted octanol–water partition coefficient (Wildman–Crippen LogP) is -0.146. The van der Waals surface area contributed by atoms with E-state index in [1.807, 2.05) is 0 Å². The maximum absolute atomic E-state index is 11.1.